The first-order valence-electron chi connectivity index (χ1n) is 16.6. The molecular weight excluding hydrogens is 701 g/mol. The molecule has 2 aliphatic rings. The van der Waals surface area contributed by atoms with Gasteiger partial charge in [-0.25, -0.2) is 9.59 Å². The van der Waals surface area contributed by atoms with Gasteiger partial charge in [0.2, 0.25) is 5.91 Å². The van der Waals surface area contributed by atoms with Crippen molar-refractivity contribution in [2.75, 3.05) is 12.4 Å². The van der Waals surface area contributed by atoms with Crippen LogP contribution in [0.5, 0.6) is 11.5 Å². The molecule has 53 heavy (non-hydrogen) atoms. The average Bonchev–Trinajstić information content (AvgIpc) is 3.16. The summed E-state index contributed by atoms with van der Waals surface area (Å²) < 4.78 is 22.0. The van der Waals surface area contributed by atoms with Gasteiger partial charge in [-0.3, -0.25) is 24.1 Å². The highest BCUT2D eigenvalue weighted by atomic mass is 32.2. The van der Waals surface area contributed by atoms with E-state index in [9.17, 15) is 28.8 Å². The van der Waals surface area contributed by atoms with Crippen LogP contribution >= 0.6 is 11.8 Å². The van der Waals surface area contributed by atoms with Crippen molar-refractivity contribution in [3.8, 4) is 11.5 Å². The molecule has 0 radical (unpaired) electrons. The third-order valence-corrected chi connectivity index (χ3v) is 9.60. The van der Waals surface area contributed by atoms with Crippen molar-refractivity contribution >= 4 is 47.5 Å². The molecule has 2 heterocycles. The highest BCUT2D eigenvalue weighted by Crippen LogP contribution is 2.42. The van der Waals surface area contributed by atoms with Gasteiger partial charge in [-0.2, -0.15) is 0 Å². The minimum absolute atomic E-state index is 0.0299. The Kier molecular flexibility index (Phi) is 11.3. The number of amides is 2. The maximum absolute atomic E-state index is 14.3. The second-order valence-corrected chi connectivity index (χ2v) is 13.2. The number of esters is 4. The Bertz CT molecular complexity index is 2030. The molecule has 4 aromatic rings. The maximum Gasteiger partial charge on any atom is 0.356 e. The summed E-state index contributed by atoms with van der Waals surface area (Å²) in [6.07, 6.45) is -0.757. The Morgan fingerprint density at radius 3 is 1.96 bits per heavy atom. The van der Waals surface area contributed by atoms with Crippen LogP contribution in [0.3, 0.4) is 0 Å². The summed E-state index contributed by atoms with van der Waals surface area (Å²) in [7, 11) is 0. The van der Waals surface area contributed by atoms with E-state index < -0.39 is 53.9 Å². The van der Waals surface area contributed by atoms with Gasteiger partial charge in [0.15, 0.2) is 17.6 Å². The molecule has 6 rings (SSSR count). The molecule has 1 N–H and O–H groups in total. The number of benzene rings is 4. The van der Waals surface area contributed by atoms with Crippen molar-refractivity contribution < 1.29 is 47.7 Å². The number of β-lactam (4-membered cyclic amide) rings is 1. The van der Waals surface area contributed by atoms with E-state index in [-0.39, 0.29) is 40.8 Å². The number of carbonyl (C=O) groups is 6. The summed E-state index contributed by atoms with van der Waals surface area (Å²) in [6, 6.07) is 30.3. The number of ether oxygens (including phenoxy) is 4. The fourth-order valence-corrected chi connectivity index (χ4v) is 7.21. The Balaban J connectivity index is 1.27. The van der Waals surface area contributed by atoms with Crippen LogP contribution in [0.25, 0.3) is 0 Å². The Morgan fingerprint density at radius 1 is 0.774 bits per heavy atom. The number of thioether (sulfide) groups is 1. The van der Waals surface area contributed by atoms with Gasteiger partial charge in [0, 0.05) is 25.2 Å². The number of hydrogen-bond donors (Lipinski definition) is 1. The molecule has 270 valence electrons. The molecule has 1 fully saturated rings. The first-order valence-corrected chi connectivity index (χ1v) is 17.6. The summed E-state index contributed by atoms with van der Waals surface area (Å²) in [5, 5.41) is 2.19. The van der Waals surface area contributed by atoms with Gasteiger partial charge in [0.05, 0.1) is 12.0 Å². The van der Waals surface area contributed by atoms with Crippen molar-refractivity contribution in [3.05, 3.63) is 143 Å². The van der Waals surface area contributed by atoms with Gasteiger partial charge >= 0.3 is 23.9 Å². The lowest BCUT2D eigenvalue weighted by Gasteiger charge is -2.49. The third kappa shape index (κ3) is 8.64. The molecule has 2 atom stereocenters. The number of fused-ring (bicyclic) bond motifs is 1. The SMILES string of the molecule is CC(=O)Oc1ccc(C(=O)OCC2=C(C(=O)OC(c3ccccc3)c3ccccc3)N3C(=O)[C@@H](NC(=O)Cc4ccccc4)[C@H]3SC2)cc1OC(C)=O. The van der Waals surface area contributed by atoms with E-state index in [1.807, 2.05) is 91.0 Å². The van der Waals surface area contributed by atoms with Crippen LogP contribution in [0.15, 0.2) is 120 Å². The van der Waals surface area contributed by atoms with Crippen LogP contribution in [-0.2, 0) is 39.9 Å². The minimum atomic E-state index is -0.891. The number of nitrogens with zero attached hydrogens (tertiary/aromatic N) is 1. The van der Waals surface area contributed by atoms with E-state index in [0.29, 0.717) is 16.7 Å². The first-order chi connectivity index (χ1) is 25.6. The number of nitrogens with one attached hydrogen (secondary N) is 1. The zero-order valence-electron chi connectivity index (χ0n) is 28.7. The molecule has 0 bridgehead atoms. The normalized spacial score (nSPS) is 16.2. The Morgan fingerprint density at radius 2 is 1.36 bits per heavy atom. The molecule has 0 saturated carbocycles. The smallest absolute Gasteiger partial charge is 0.356 e. The van der Waals surface area contributed by atoms with Gasteiger partial charge in [-0.1, -0.05) is 91.0 Å². The second kappa shape index (κ2) is 16.4. The molecule has 0 aromatic heterocycles. The summed E-state index contributed by atoms with van der Waals surface area (Å²) in [4.78, 5) is 78.7. The molecular formula is C40H34N2O10S. The van der Waals surface area contributed by atoms with Crippen LogP contribution in [0.4, 0.5) is 0 Å². The van der Waals surface area contributed by atoms with Crippen LogP contribution in [0.1, 0.15) is 47.0 Å². The van der Waals surface area contributed by atoms with E-state index in [1.165, 1.54) is 41.8 Å². The van der Waals surface area contributed by atoms with Crippen LogP contribution in [-0.4, -0.2) is 64.4 Å². The Hall–Kier alpha value is -6.21. The zero-order chi connectivity index (χ0) is 37.5. The lowest BCUT2D eigenvalue weighted by molar-refractivity contribution is -0.154. The van der Waals surface area contributed by atoms with Gasteiger partial charge in [0.25, 0.3) is 5.91 Å². The number of hydrogen-bond acceptors (Lipinski definition) is 11. The second-order valence-electron chi connectivity index (χ2n) is 12.1. The van der Waals surface area contributed by atoms with E-state index >= 15 is 0 Å². The lowest BCUT2D eigenvalue weighted by atomic mass is 10.0. The van der Waals surface area contributed by atoms with E-state index in [4.69, 9.17) is 18.9 Å². The largest absolute Gasteiger partial charge is 0.457 e. The van der Waals surface area contributed by atoms with Gasteiger partial charge < -0.3 is 24.3 Å². The van der Waals surface area contributed by atoms with Crippen molar-refractivity contribution in [2.24, 2.45) is 0 Å². The van der Waals surface area contributed by atoms with E-state index in [1.54, 1.807) is 0 Å². The van der Waals surface area contributed by atoms with Crippen molar-refractivity contribution in [2.45, 2.75) is 37.8 Å². The van der Waals surface area contributed by atoms with E-state index in [2.05, 4.69) is 5.32 Å². The molecule has 2 aliphatic heterocycles. The lowest BCUT2D eigenvalue weighted by Crippen LogP contribution is -2.70. The predicted molar refractivity (Wildman–Crippen MR) is 192 cm³/mol. The highest BCUT2D eigenvalue weighted by molar-refractivity contribution is 8.00. The van der Waals surface area contributed by atoms with Gasteiger partial charge in [-0.15, -0.1) is 11.8 Å². The molecule has 2 amide bonds. The molecule has 1 saturated heterocycles. The van der Waals surface area contributed by atoms with Crippen molar-refractivity contribution in [1.82, 2.24) is 10.2 Å². The predicted octanol–water partition coefficient (Wildman–Crippen LogP) is 4.92. The highest BCUT2D eigenvalue weighted by Gasteiger charge is 2.54. The zero-order valence-corrected chi connectivity index (χ0v) is 29.5. The van der Waals surface area contributed by atoms with Crippen LogP contribution in [0, 0.1) is 0 Å². The van der Waals surface area contributed by atoms with Crippen molar-refractivity contribution in [3.63, 3.8) is 0 Å². The van der Waals surface area contributed by atoms with E-state index in [0.717, 1.165) is 12.5 Å². The molecule has 0 spiro atoms. The molecule has 12 nitrogen and oxygen atoms in total. The molecule has 0 aliphatic carbocycles. The minimum Gasteiger partial charge on any atom is -0.457 e. The average molecular weight is 735 g/mol. The van der Waals surface area contributed by atoms with Crippen LogP contribution in [0.2, 0.25) is 0 Å². The fraction of sp³-hybridized carbons (Fsp3) is 0.200. The van der Waals surface area contributed by atoms with Gasteiger partial charge in [-0.05, 0) is 34.9 Å². The molecule has 4 aromatic carbocycles. The number of rotatable bonds is 12. The third-order valence-electron chi connectivity index (χ3n) is 8.26. The van der Waals surface area contributed by atoms with Crippen molar-refractivity contribution in [1.29, 1.82) is 0 Å². The van der Waals surface area contributed by atoms with Crippen LogP contribution < -0.4 is 14.8 Å². The molecule has 13 heteroatoms. The molecule has 0 unspecified atom stereocenters. The fourth-order valence-electron chi connectivity index (χ4n) is 5.88. The number of carbonyl (C=O) groups excluding carboxylic acids is 6. The monoisotopic (exact) mass is 734 g/mol. The summed E-state index contributed by atoms with van der Waals surface area (Å²) in [5.41, 5.74) is 2.38. The van der Waals surface area contributed by atoms with Gasteiger partial charge in [0.1, 0.15) is 23.7 Å². The standard InChI is InChI=1S/C40H34N2O10S/c1-24(43)50-31-19-18-29(21-32(31)51-25(2)44)39(47)49-22-30-23-53-38-34(41-33(45)20-26-12-6-3-7-13-26)37(46)42(38)35(30)40(48)52-36(27-14-8-4-9-15-27)28-16-10-5-11-17-28/h3-19,21,34,36,38H,20,22-23H2,1-2H3,(H,41,45)/t34-,38-/m1/s1. The quantitative estimate of drug-likeness (QED) is 0.120. The summed E-state index contributed by atoms with van der Waals surface area (Å²) in [6.45, 7) is 1.93. The Labute approximate surface area is 309 Å². The topological polar surface area (TPSA) is 155 Å². The summed E-state index contributed by atoms with van der Waals surface area (Å²) >= 11 is 1.31. The first kappa shape index (κ1) is 36.6. The summed E-state index contributed by atoms with van der Waals surface area (Å²) in [5.74, 6) is -3.94. The maximum atomic E-state index is 14.3.